The van der Waals surface area contributed by atoms with Crippen LogP contribution in [-0.2, 0) is 11.2 Å². The van der Waals surface area contributed by atoms with Gasteiger partial charge in [0.05, 0.1) is 11.8 Å². The summed E-state index contributed by atoms with van der Waals surface area (Å²) >= 11 is 0. The monoisotopic (exact) mass is 459 g/mol. The second kappa shape index (κ2) is 6.97. The maximum absolute atomic E-state index is 13.2. The van der Waals surface area contributed by atoms with Crippen LogP contribution in [0.3, 0.4) is 0 Å². The van der Waals surface area contributed by atoms with Gasteiger partial charge in [0.2, 0.25) is 5.91 Å². The minimum absolute atomic E-state index is 0.0356. The number of fused-ring (bicyclic) bond motifs is 5. The number of nitrogens with two attached hydrogens (primary N) is 2. The van der Waals surface area contributed by atoms with Gasteiger partial charge in [0, 0.05) is 29.6 Å². The van der Waals surface area contributed by atoms with E-state index in [1.807, 2.05) is 4.90 Å². The lowest BCUT2D eigenvalue weighted by molar-refractivity contribution is -0.117. The van der Waals surface area contributed by atoms with Crippen molar-refractivity contribution < 1.29 is 4.79 Å². The summed E-state index contributed by atoms with van der Waals surface area (Å²) in [6.07, 6.45) is 7.69. The smallest absolute Gasteiger partial charge is 0.233 e. The van der Waals surface area contributed by atoms with E-state index in [1.165, 1.54) is 0 Å². The summed E-state index contributed by atoms with van der Waals surface area (Å²) in [6, 6.07) is 2.91. The van der Waals surface area contributed by atoms with Crippen molar-refractivity contribution in [1.29, 1.82) is 5.26 Å². The van der Waals surface area contributed by atoms with Crippen LogP contribution in [0.4, 0.5) is 23.3 Å². The number of nitrogens with zero attached hydrogens (tertiary/aromatic N) is 5. The molecule has 8 heteroatoms. The number of rotatable bonds is 2. The SMILES string of the molecule is CC1(C)CC2CC(C)(CN2c2nc(N)c3c(N)nc4c(c3c2C#N)CC(=O)N4C2CCCC2)C1. The zero-order valence-electron chi connectivity index (χ0n) is 20.3. The predicted molar refractivity (Wildman–Crippen MR) is 133 cm³/mol. The molecule has 2 aliphatic carbocycles. The fourth-order valence-corrected chi connectivity index (χ4v) is 7.78. The number of anilines is 4. The van der Waals surface area contributed by atoms with E-state index >= 15 is 0 Å². The summed E-state index contributed by atoms with van der Waals surface area (Å²) in [5, 5.41) is 11.6. The number of carbonyl (C=O) groups is 1. The molecule has 2 bridgehead atoms. The summed E-state index contributed by atoms with van der Waals surface area (Å²) in [4.78, 5) is 26.7. The van der Waals surface area contributed by atoms with Crippen LogP contribution < -0.4 is 21.3 Å². The molecule has 4 aliphatic rings. The fourth-order valence-electron chi connectivity index (χ4n) is 7.78. The Bertz CT molecular complexity index is 1270. The van der Waals surface area contributed by atoms with E-state index < -0.39 is 0 Å². The Morgan fingerprint density at radius 3 is 2.35 bits per heavy atom. The van der Waals surface area contributed by atoms with Crippen molar-refractivity contribution in [1.82, 2.24) is 9.97 Å². The molecule has 2 aromatic rings. The first-order chi connectivity index (χ1) is 16.1. The third kappa shape index (κ3) is 2.98. The van der Waals surface area contributed by atoms with Crippen LogP contribution in [0, 0.1) is 22.2 Å². The molecule has 1 saturated heterocycles. The average molecular weight is 460 g/mol. The highest BCUT2D eigenvalue weighted by molar-refractivity contribution is 6.13. The largest absolute Gasteiger partial charge is 0.383 e. The molecule has 4 N–H and O–H groups in total. The van der Waals surface area contributed by atoms with Gasteiger partial charge in [0.1, 0.15) is 34.9 Å². The number of hydrogen-bond acceptors (Lipinski definition) is 7. The van der Waals surface area contributed by atoms with E-state index in [0.29, 0.717) is 34.0 Å². The van der Waals surface area contributed by atoms with Crippen molar-refractivity contribution in [3.05, 3.63) is 11.1 Å². The van der Waals surface area contributed by atoms with Crippen molar-refractivity contribution in [3.8, 4) is 6.07 Å². The van der Waals surface area contributed by atoms with E-state index in [1.54, 1.807) is 0 Å². The van der Waals surface area contributed by atoms with Gasteiger partial charge in [0.25, 0.3) is 0 Å². The zero-order chi connectivity index (χ0) is 24.0. The molecule has 1 amide bonds. The van der Waals surface area contributed by atoms with Gasteiger partial charge in [-0.2, -0.15) is 5.26 Å². The zero-order valence-corrected chi connectivity index (χ0v) is 20.3. The van der Waals surface area contributed by atoms with Gasteiger partial charge < -0.3 is 16.4 Å². The summed E-state index contributed by atoms with van der Waals surface area (Å²) < 4.78 is 0. The molecule has 2 aromatic heterocycles. The van der Waals surface area contributed by atoms with Gasteiger partial charge in [-0.3, -0.25) is 9.69 Å². The topological polar surface area (TPSA) is 125 Å². The highest BCUT2D eigenvalue weighted by Crippen LogP contribution is 2.54. The third-order valence-electron chi connectivity index (χ3n) is 8.57. The second-order valence-corrected chi connectivity index (χ2v) is 12.1. The molecule has 34 heavy (non-hydrogen) atoms. The molecular weight excluding hydrogens is 426 g/mol. The van der Waals surface area contributed by atoms with Crippen LogP contribution in [0.5, 0.6) is 0 Å². The number of amides is 1. The molecule has 2 saturated carbocycles. The van der Waals surface area contributed by atoms with Crippen LogP contribution in [0.1, 0.15) is 76.8 Å². The van der Waals surface area contributed by atoms with E-state index in [2.05, 4.69) is 36.7 Å². The first-order valence-corrected chi connectivity index (χ1v) is 12.5. The summed E-state index contributed by atoms with van der Waals surface area (Å²) in [5.74, 6) is 1.82. The Balaban J connectivity index is 1.56. The highest BCUT2D eigenvalue weighted by atomic mass is 16.2. The standard InChI is InChI=1S/C26H33N7O/c1-25(2)9-15-10-26(3,12-25)13-32(15)23-17(11-27)19-16-8-18(34)33(14-6-4-5-7-14)24(16)31-22(29)20(19)21(28)30-23/h14-15H,4-10,12-13H2,1-3H3,(H2,28,30)(H2,29,31). The second-order valence-electron chi connectivity index (χ2n) is 12.1. The third-order valence-corrected chi connectivity index (χ3v) is 8.57. The van der Waals surface area contributed by atoms with Crippen molar-refractivity contribution in [2.45, 2.75) is 84.2 Å². The normalized spacial score (nSPS) is 28.1. The number of nitrogen functional groups attached to an aromatic ring is 2. The molecular formula is C26H33N7O. The van der Waals surface area contributed by atoms with Gasteiger partial charge in [0.15, 0.2) is 0 Å². The maximum atomic E-state index is 13.2. The first-order valence-electron chi connectivity index (χ1n) is 12.5. The van der Waals surface area contributed by atoms with Gasteiger partial charge in [-0.15, -0.1) is 0 Å². The van der Waals surface area contributed by atoms with Crippen molar-refractivity contribution in [2.24, 2.45) is 10.8 Å². The minimum Gasteiger partial charge on any atom is -0.383 e. The lowest BCUT2D eigenvalue weighted by Gasteiger charge is -2.39. The molecule has 2 unspecified atom stereocenters. The Labute approximate surface area is 200 Å². The Kier molecular flexibility index (Phi) is 4.40. The van der Waals surface area contributed by atoms with Crippen LogP contribution in [0.2, 0.25) is 0 Å². The molecule has 8 nitrogen and oxygen atoms in total. The lowest BCUT2D eigenvalue weighted by atomic mass is 9.65. The van der Waals surface area contributed by atoms with E-state index in [-0.39, 0.29) is 40.8 Å². The molecule has 178 valence electrons. The van der Waals surface area contributed by atoms with Crippen molar-refractivity contribution >= 4 is 40.0 Å². The number of aromatic nitrogens is 2. The van der Waals surface area contributed by atoms with E-state index in [9.17, 15) is 10.1 Å². The number of hydrogen-bond donors (Lipinski definition) is 2. The minimum atomic E-state index is 0.0356. The van der Waals surface area contributed by atoms with Crippen molar-refractivity contribution in [2.75, 3.05) is 27.8 Å². The molecule has 2 aliphatic heterocycles. The Morgan fingerprint density at radius 1 is 1.00 bits per heavy atom. The molecule has 2 atom stereocenters. The number of nitriles is 1. The Morgan fingerprint density at radius 2 is 1.68 bits per heavy atom. The van der Waals surface area contributed by atoms with Crippen molar-refractivity contribution in [3.63, 3.8) is 0 Å². The predicted octanol–water partition coefficient (Wildman–Crippen LogP) is 3.90. The number of pyridine rings is 2. The maximum Gasteiger partial charge on any atom is 0.233 e. The first kappa shape index (κ1) is 21.5. The van der Waals surface area contributed by atoms with Gasteiger partial charge >= 0.3 is 0 Å². The van der Waals surface area contributed by atoms with Crippen LogP contribution in [0.15, 0.2) is 0 Å². The average Bonchev–Trinajstić information content (AvgIpc) is 3.42. The fraction of sp³-hybridized carbons (Fsp3) is 0.615. The number of carbonyl (C=O) groups excluding carboxylic acids is 1. The molecule has 6 rings (SSSR count). The summed E-state index contributed by atoms with van der Waals surface area (Å²) in [6.45, 7) is 7.85. The molecule has 0 spiro atoms. The quantitative estimate of drug-likeness (QED) is 0.697. The van der Waals surface area contributed by atoms with Gasteiger partial charge in [-0.05, 0) is 42.9 Å². The molecule has 4 heterocycles. The molecule has 0 radical (unpaired) electrons. The van der Waals surface area contributed by atoms with E-state index in [0.717, 1.165) is 57.1 Å². The van der Waals surface area contributed by atoms with Crippen LogP contribution >= 0.6 is 0 Å². The highest BCUT2D eigenvalue weighted by Gasteiger charge is 2.51. The van der Waals surface area contributed by atoms with Crippen LogP contribution in [0.25, 0.3) is 10.8 Å². The van der Waals surface area contributed by atoms with Gasteiger partial charge in [-0.25, -0.2) is 9.97 Å². The van der Waals surface area contributed by atoms with E-state index in [4.69, 9.17) is 16.5 Å². The van der Waals surface area contributed by atoms with Crippen LogP contribution in [-0.4, -0.2) is 34.5 Å². The summed E-state index contributed by atoms with van der Waals surface area (Å²) in [5.41, 5.74) is 14.6. The summed E-state index contributed by atoms with van der Waals surface area (Å²) in [7, 11) is 0. The van der Waals surface area contributed by atoms with Gasteiger partial charge in [-0.1, -0.05) is 33.6 Å². The lowest BCUT2D eigenvalue weighted by Crippen LogP contribution is -2.36. The molecule has 3 fully saturated rings. The Hall–Kier alpha value is -3.08. The molecule has 0 aromatic carbocycles.